The highest BCUT2D eigenvalue weighted by molar-refractivity contribution is 6.42. The molecule has 0 aliphatic carbocycles. The Morgan fingerprint density at radius 1 is 1.10 bits per heavy atom. The Morgan fingerprint density at radius 3 is 2.48 bits per heavy atom. The normalized spacial score (nSPS) is 10.4. The maximum atomic E-state index is 10.6. The summed E-state index contributed by atoms with van der Waals surface area (Å²) in [6.45, 7) is 0.471. The van der Waals surface area contributed by atoms with Crippen LogP contribution in [0.3, 0.4) is 0 Å². The molecular weight excluding hydrogens is 311 g/mol. The molecule has 0 radical (unpaired) electrons. The van der Waals surface area contributed by atoms with E-state index in [1.807, 2.05) is 12.1 Å². The predicted octanol–water partition coefficient (Wildman–Crippen LogP) is 4.24. The molecule has 0 heterocycles. The molecule has 0 saturated heterocycles. The Bertz CT molecular complexity index is 624. The van der Waals surface area contributed by atoms with E-state index in [1.165, 1.54) is 0 Å². The van der Waals surface area contributed by atoms with Gasteiger partial charge in [-0.3, -0.25) is 4.79 Å². The van der Waals surface area contributed by atoms with Gasteiger partial charge in [0.15, 0.2) is 0 Å². The predicted molar refractivity (Wildman–Crippen MR) is 83.4 cm³/mol. The van der Waals surface area contributed by atoms with Crippen molar-refractivity contribution in [2.24, 2.45) is 0 Å². The molecule has 0 spiro atoms. The highest BCUT2D eigenvalue weighted by atomic mass is 35.5. The zero-order valence-corrected chi connectivity index (χ0v) is 12.7. The molecule has 2 aromatic carbocycles. The van der Waals surface area contributed by atoms with Crippen LogP contribution in [0.15, 0.2) is 42.5 Å². The molecule has 21 heavy (non-hydrogen) atoms. The van der Waals surface area contributed by atoms with Crippen LogP contribution in [-0.2, 0) is 17.6 Å². The molecule has 0 fully saturated rings. The fourth-order valence-electron chi connectivity index (χ4n) is 1.90. The van der Waals surface area contributed by atoms with Crippen LogP contribution in [0, 0.1) is 0 Å². The van der Waals surface area contributed by atoms with Crippen molar-refractivity contribution >= 4 is 29.2 Å². The van der Waals surface area contributed by atoms with Gasteiger partial charge in [-0.1, -0.05) is 47.5 Å². The summed E-state index contributed by atoms with van der Waals surface area (Å²) in [6, 6.07) is 12.5. The minimum atomic E-state index is -0.848. The molecule has 0 aliphatic heterocycles. The molecule has 5 heteroatoms. The SMILES string of the molecule is O=C(O)Cc1ccc(OCCc2cccc(Cl)c2Cl)cc1. The monoisotopic (exact) mass is 324 g/mol. The molecule has 0 bridgehead atoms. The first-order valence-electron chi connectivity index (χ1n) is 6.42. The lowest BCUT2D eigenvalue weighted by molar-refractivity contribution is -0.136. The van der Waals surface area contributed by atoms with E-state index in [9.17, 15) is 4.79 Å². The average molecular weight is 325 g/mol. The Kier molecular flexibility index (Phi) is 5.48. The summed E-state index contributed by atoms with van der Waals surface area (Å²) >= 11 is 12.0. The van der Waals surface area contributed by atoms with Gasteiger partial charge in [-0.25, -0.2) is 0 Å². The molecule has 2 aromatic rings. The summed E-state index contributed by atoms with van der Waals surface area (Å²) in [6.07, 6.45) is 0.661. The Morgan fingerprint density at radius 2 is 1.81 bits per heavy atom. The van der Waals surface area contributed by atoms with Crippen molar-refractivity contribution in [1.82, 2.24) is 0 Å². The molecule has 110 valence electrons. The maximum Gasteiger partial charge on any atom is 0.307 e. The Hall–Kier alpha value is -1.71. The number of hydrogen-bond acceptors (Lipinski definition) is 2. The van der Waals surface area contributed by atoms with Gasteiger partial charge in [0.05, 0.1) is 23.1 Å². The summed E-state index contributed by atoms with van der Waals surface area (Å²) in [4.78, 5) is 10.6. The first kappa shape index (κ1) is 15.7. The third kappa shape index (κ3) is 4.66. The van der Waals surface area contributed by atoms with Gasteiger partial charge in [-0.05, 0) is 29.3 Å². The molecular formula is C16H14Cl2O3. The Balaban J connectivity index is 1.88. The highest BCUT2D eigenvalue weighted by Gasteiger charge is 2.05. The second kappa shape index (κ2) is 7.34. The maximum absolute atomic E-state index is 10.6. The molecule has 0 amide bonds. The first-order chi connectivity index (χ1) is 10.1. The van der Waals surface area contributed by atoms with E-state index < -0.39 is 5.97 Å². The third-order valence-electron chi connectivity index (χ3n) is 2.95. The zero-order valence-electron chi connectivity index (χ0n) is 11.2. The van der Waals surface area contributed by atoms with Crippen molar-refractivity contribution in [1.29, 1.82) is 0 Å². The third-order valence-corrected chi connectivity index (χ3v) is 3.81. The Labute approximate surface area is 133 Å². The van der Waals surface area contributed by atoms with Crippen LogP contribution in [0.5, 0.6) is 5.75 Å². The second-order valence-corrected chi connectivity index (χ2v) is 5.31. The van der Waals surface area contributed by atoms with Gasteiger partial charge >= 0.3 is 5.97 Å². The molecule has 1 N–H and O–H groups in total. The summed E-state index contributed by atoms with van der Waals surface area (Å²) in [5.41, 5.74) is 1.68. The van der Waals surface area contributed by atoms with Crippen LogP contribution >= 0.6 is 23.2 Å². The van der Waals surface area contributed by atoms with Crippen LogP contribution in [-0.4, -0.2) is 17.7 Å². The van der Waals surface area contributed by atoms with Gasteiger partial charge < -0.3 is 9.84 Å². The molecule has 0 atom stereocenters. The van der Waals surface area contributed by atoms with Gasteiger partial charge in [-0.2, -0.15) is 0 Å². The molecule has 3 nitrogen and oxygen atoms in total. The van der Waals surface area contributed by atoms with Crippen molar-refractivity contribution in [2.45, 2.75) is 12.8 Å². The second-order valence-electron chi connectivity index (χ2n) is 4.53. The van der Waals surface area contributed by atoms with Crippen molar-refractivity contribution in [2.75, 3.05) is 6.61 Å². The van der Waals surface area contributed by atoms with E-state index in [1.54, 1.807) is 30.3 Å². The quantitative estimate of drug-likeness (QED) is 0.864. The number of carboxylic acids is 1. The first-order valence-corrected chi connectivity index (χ1v) is 7.18. The van der Waals surface area contributed by atoms with Crippen LogP contribution in [0.1, 0.15) is 11.1 Å². The molecule has 0 unspecified atom stereocenters. The topological polar surface area (TPSA) is 46.5 Å². The lowest BCUT2D eigenvalue weighted by Gasteiger charge is -2.08. The van der Waals surface area contributed by atoms with Crippen molar-refractivity contribution in [3.05, 3.63) is 63.6 Å². The van der Waals surface area contributed by atoms with Gasteiger partial charge in [-0.15, -0.1) is 0 Å². The number of carbonyl (C=O) groups is 1. The number of hydrogen-bond donors (Lipinski definition) is 1. The van der Waals surface area contributed by atoms with E-state index in [2.05, 4.69) is 0 Å². The smallest absolute Gasteiger partial charge is 0.307 e. The molecule has 2 rings (SSSR count). The minimum absolute atomic E-state index is 0.0123. The summed E-state index contributed by atoms with van der Waals surface area (Å²) in [5.74, 6) is -0.151. The summed E-state index contributed by atoms with van der Waals surface area (Å²) in [5, 5.41) is 9.79. The van der Waals surface area contributed by atoms with Gasteiger partial charge in [0.2, 0.25) is 0 Å². The van der Waals surface area contributed by atoms with E-state index in [-0.39, 0.29) is 6.42 Å². The number of benzene rings is 2. The van der Waals surface area contributed by atoms with E-state index in [4.69, 9.17) is 33.0 Å². The lowest BCUT2D eigenvalue weighted by atomic mass is 10.1. The number of halogens is 2. The summed E-state index contributed by atoms with van der Waals surface area (Å²) < 4.78 is 5.62. The lowest BCUT2D eigenvalue weighted by Crippen LogP contribution is -2.03. The average Bonchev–Trinajstić information content (AvgIpc) is 2.45. The molecule has 0 saturated carbocycles. The van der Waals surface area contributed by atoms with E-state index in [0.29, 0.717) is 28.8 Å². The van der Waals surface area contributed by atoms with Crippen LogP contribution in [0.4, 0.5) is 0 Å². The van der Waals surface area contributed by atoms with Gasteiger partial charge in [0.1, 0.15) is 5.75 Å². The van der Waals surface area contributed by atoms with E-state index >= 15 is 0 Å². The number of carboxylic acid groups (broad SMARTS) is 1. The largest absolute Gasteiger partial charge is 0.493 e. The van der Waals surface area contributed by atoms with Crippen LogP contribution in [0.25, 0.3) is 0 Å². The highest BCUT2D eigenvalue weighted by Crippen LogP contribution is 2.26. The standard InChI is InChI=1S/C16H14Cl2O3/c17-14-3-1-2-12(16(14)18)8-9-21-13-6-4-11(5-7-13)10-15(19)20/h1-7H,8-10H2,(H,19,20). The van der Waals surface area contributed by atoms with E-state index in [0.717, 1.165) is 11.1 Å². The number of rotatable bonds is 6. The van der Waals surface area contributed by atoms with Crippen molar-refractivity contribution < 1.29 is 14.6 Å². The fraction of sp³-hybridized carbons (Fsp3) is 0.188. The van der Waals surface area contributed by atoms with Crippen molar-refractivity contribution in [3.63, 3.8) is 0 Å². The van der Waals surface area contributed by atoms with Crippen molar-refractivity contribution in [3.8, 4) is 5.75 Å². The van der Waals surface area contributed by atoms with Gasteiger partial charge in [0.25, 0.3) is 0 Å². The molecule has 0 aromatic heterocycles. The fourth-order valence-corrected chi connectivity index (χ4v) is 2.31. The molecule has 0 aliphatic rings. The summed E-state index contributed by atoms with van der Waals surface area (Å²) in [7, 11) is 0. The minimum Gasteiger partial charge on any atom is -0.493 e. The van der Waals surface area contributed by atoms with Crippen LogP contribution < -0.4 is 4.74 Å². The number of ether oxygens (including phenoxy) is 1. The number of aliphatic carboxylic acids is 1. The van der Waals surface area contributed by atoms with Gasteiger partial charge in [0, 0.05) is 6.42 Å². The zero-order chi connectivity index (χ0) is 15.2. The van der Waals surface area contributed by atoms with Crippen LogP contribution in [0.2, 0.25) is 10.0 Å².